The summed E-state index contributed by atoms with van der Waals surface area (Å²) in [5.41, 5.74) is 2.58. The Morgan fingerprint density at radius 3 is 2.60 bits per heavy atom. The molecule has 0 aliphatic heterocycles. The number of nitrogens with zero attached hydrogens (tertiary/aromatic N) is 1. The van der Waals surface area contributed by atoms with Crippen molar-refractivity contribution < 1.29 is 14.2 Å². The van der Waals surface area contributed by atoms with Gasteiger partial charge in [0.2, 0.25) is 6.49 Å². The fraction of sp³-hybridized carbons (Fsp3) is 0.227. The van der Waals surface area contributed by atoms with E-state index in [0.29, 0.717) is 22.5 Å². The first-order valence-electron chi connectivity index (χ1n) is 9.55. The minimum absolute atomic E-state index is 0.235. The van der Waals surface area contributed by atoms with Crippen LogP contribution in [0.4, 0.5) is 11.4 Å². The molecule has 1 atom stereocenters. The summed E-state index contributed by atoms with van der Waals surface area (Å²) in [6, 6.07) is 19.1. The first kappa shape index (κ1) is 22.7. The van der Waals surface area contributed by atoms with Crippen LogP contribution < -0.4 is 15.5 Å². The molecule has 1 amide bonds. The Bertz CT molecular complexity index is 1020. The number of thiophene rings is 1. The summed E-state index contributed by atoms with van der Waals surface area (Å²) < 4.78 is 5.77. The van der Waals surface area contributed by atoms with E-state index >= 15 is 0 Å². The Morgan fingerprint density at radius 2 is 1.93 bits per heavy atom. The van der Waals surface area contributed by atoms with Gasteiger partial charge in [-0.1, -0.05) is 36.4 Å². The van der Waals surface area contributed by atoms with Gasteiger partial charge in [-0.2, -0.15) is 0 Å². The third-order valence-corrected chi connectivity index (χ3v) is 7.82. The van der Waals surface area contributed by atoms with Crippen LogP contribution in [0.1, 0.15) is 21.7 Å². The lowest BCUT2D eigenvalue weighted by Crippen LogP contribution is -2.20. The topological polar surface area (TPSA) is 61.8 Å². The smallest absolute Gasteiger partial charge is 0.265 e. The molecule has 158 valence electrons. The van der Waals surface area contributed by atoms with Crippen molar-refractivity contribution in [2.45, 2.75) is 12.8 Å². The predicted octanol–water partition coefficient (Wildman–Crippen LogP) is 4.64. The van der Waals surface area contributed by atoms with E-state index in [1.807, 2.05) is 60.8 Å². The van der Waals surface area contributed by atoms with Crippen molar-refractivity contribution in [3.63, 3.8) is 0 Å². The quantitative estimate of drug-likeness (QED) is 0.360. The summed E-state index contributed by atoms with van der Waals surface area (Å²) in [7, 11) is 3.82. The van der Waals surface area contributed by atoms with Gasteiger partial charge < -0.3 is 19.6 Å². The summed E-state index contributed by atoms with van der Waals surface area (Å²) in [5.74, 6) is -0.235. The fourth-order valence-electron chi connectivity index (χ4n) is 2.92. The number of hydrogen-bond acceptors (Lipinski definition) is 5. The fourth-order valence-corrected chi connectivity index (χ4v) is 5.44. The van der Waals surface area contributed by atoms with Crippen molar-refractivity contribution in [1.29, 1.82) is 0 Å². The molecule has 0 saturated carbocycles. The van der Waals surface area contributed by atoms with Crippen molar-refractivity contribution in [2.24, 2.45) is 0 Å². The van der Waals surface area contributed by atoms with Crippen LogP contribution in [0.2, 0.25) is 0 Å². The van der Waals surface area contributed by atoms with Crippen LogP contribution in [0.5, 0.6) is 0 Å². The lowest BCUT2D eigenvalue weighted by atomic mass is 10.1. The maximum atomic E-state index is 12.6. The van der Waals surface area contributed by atoms with Gasteiger partial charge in [0, 0.05) is 19.8 Å². The van der Waals surface area contributed by atoms with Crippen LogP contribution >= 0.6 is 17.8 Å². The number of carbonyl (C=O) groups is 1. The van der Waals surface area contributed by atoms with Crippen molar-refractivity contribution in [1.82, 2.24) is 0 Å². The Balaban J connectivity index is 1.74. The summed E-state index contributed by atoms with van der Waals surface area (Å²) in [4.78, 5) is 26.1. The van der Waals surface area contributed by atoms with Gasteiger partial charge in [-0.15, -0.1) is 11.3 Å². The highest BCUT2D eigenvalue weighted by Crippen LogP contribution is 2.44. The third-order valence-electron chi connectivity index (χ3n) is 4.51. The molecule has 0 bridgehead atoms. The predicted molar refractivity (Wildman–Crippen MR) is 130 cm³/mol. The van der Waals surface area contributed by atoms with E-state index in [0.717, 1.165) is 18.5 Å². The average molecular weight is 461 g/mol. The zero-order valence-corrected chi connectivity index (χ0v) is 19.5. The summed E-state index contributed by atoms with van der Waals surface area (Å²) in [6.07, 6.45) is 1.59. The zero-order chi connectivity index (χ0) is 21.6. The minimum atomic E-state index is -3.28. The molecule has 1 heterocycles. The van der Waals surface area contributed by atoms with Crippen molar-refractivity contribution >= 4 is 52.2 Å². The summed E-state index contributed by atoms with van der Waals surface area (Å²) >= 11 is 6.83. The van der Waals surface area contributed by atoms with Gasteiger partial charge in [0.15, 0.2) is 0 Å². The standard InChI is InChI=1S/C22H25N2O3PS2/c1-24(2)18-12-13-20(19(16-18)23-22(25)21-11-7-15-30-21)28(26,29)27-14-6-10-17-8-4-3-5-9-17/h3-5,7-9,11-13,15-16H,6,10,14H2,1-2H3,(H,23,25)(H,26,29). The highest BCUT2D eigenvalue weighted by atomic mass is 32.5. The molecular weight excluding hydrogens is 435 g/mol. The maximum Gasteiger partial charge on any atom is 0.265 e. The number of nitrogens with one attached hydrogen (secondary N) is 1. The number of carbonyl (C=O) groups excluding carboxylic acids is 1. The molecule has 3 aromatic rings. The number of benzene rings is 2. The van der Waals surface area contributed by atoms with E-state index in [1.54, 1.807) is 12.1 Å². The van der Waals surface area contributed by atoms with Crippen LogP contribution in [-0.2, 0) is 22.8 Å². The molecule has 30 heavy (non-hydrogen) atoms. The van der Waals surface area contributed by atoms with Crippen molar-refractivity contribution in [3.8, 4) is 0 Å². The Hall–Kier alpha value is -2.02. The molecule has 0 radical (unpaired) electrons. The average Bonchev–Trinajstić information content (AvgIpc) is 3.27. The molecule has 0 aliphatic rings. The molecular formula is C22H25N2O3PS2. The molecule has 2 N–H and O–H groups in total. The molecule has 3 rings (SSSR count). The van der Waals surface area contributed by atoms with E-state index in [1.165, 1.54) is 16.9 Å². The Morgan fingerprint density at radius 1 is 1.17 bits per heavy atom. The van der Waals surface area contributed by atoms with E-state index in [4.69, 9.17) is 16.3 Å². The van der Waals surface area contributed by atoms with Crippen LogP contribution in [0, 0.1) is 0 Å². The largest absolute Gasteiger partial charge is 0.378 e. The van der Waals surface area contributed by atoms with E-state index < -0.39 is 6.49 Å². The Labute approximate surface area is 186 Å². The van der Waals surface area contributed by atoms with E-state index in [9.17, 15) is 9.69 Å². The maximum absolute atomic E-state index is 12.6. The molecule has 0 fully saturated rings. The Kier molecular flexibility index (Phi) is 7.81. The van der Waals surface area contributed by atoms with E-state index in [-0.39, 0.29) is 5.91 Å². The summed E-state index contributed by atoms with van der Waals surface area (Å²) in [5, 5.41) is 5.19. The molecule has 5 nitrogen and oxygen atoms in total. The molecule has 0 aliphatic carbocycles. The number of anilines is 2. The monoisotopic (exact) mass is 460 g/mol. The second-order valence-corrected chi connectivity index (χ2v) is 11.2. The first-order chi connectivity index (χ1) is 14.4. The molecule has 0 saturated heterocycles. The van der Waals surface area contributed by atoms with Gasteiger partial charge in [0.1, 0.15) is 0 Å². The number of rotatable bonds is 9. The number of hydrogen-bond donors (Lipinski definition) is 2. The lowest BCUT2D eigenvalue weighted by molar-refractivity contribution is 0.103. The van der Waals surface area contributed by atoms with Gasteiger partial charge >= 0.3 is 0 Å². The van der Waals surface area contributed by atoms with E-state index in [2.05, 4.69) is 17.4 Å². The number of amides is 1. The molecule has 8 heteroatoms. The second kappa shape index (κ2) is 10.3. The van der Waals surface area contributed by atoms with Gasteiger partial charge in [0.25, 0.3) is 5.91 Å². The minimum Gasteiger partial charge on any atom is -0.378 e. The molecule has 0 spiro atoms. The molecule has 2 aromatic carbocycles. The zero-order valence-electron chi connectivity index (χ0n) is 16.9. The van der Waals surface area contributed by atoms with Gasteiger partial charge in [0.05, 0.1) is 22.5 Å². The highest BCUT2D eigenvalue weighted by molar-refractivity contribution is 8.13. The lowest BCUT2D eigenvalue weighted by Gasteiger charge is -2.22. The van der Waals surface area contributed by atoms with Crippen molar-refractivity contribution in [2.75, 3.05) is 30.9 Å². The molecule has 1 aromatic heterocycles. The number of aryl methyl sites for hydroxylation is 1. The normalized spacial score (nSPS) is 12.9. The summed E-state index contributed by atoms with van der Waals surface area (Å²) in [6.45, 7) is -2.94. The van der Waals surface area contributed by atoms with Crippen LogP contribution in [0.25, 0.3) is 0 Å². The van der Waals surface area contributed by atoms with Gasteiger partial charge in [-0.3, -0.25) is 4.79 Å². The van der Waals surface area contributed by atoms with Crippen LogP contribution in [-0.4, -0.2) is 31.5 Å². The molecule has 1 unspecified atom stereocenters. The highest BCUT2D eigenvalue weighted by Gasteiger charge is 2.23. The van der Waals surface area contributed by atoms with Crippen molar-refractivity contribution in [3.05, 3.63) is 76.5 Å². The van der Waals surface area contributed by atoms with Gasteiger partial charge in [-0.05, 0) is 59.9 Å². The first-order valence-corrected chi connectivity index (χ1v) is 13.1. The second-order valence-electron chi connectivity index (χ2n) is 6.97. The van der Waals surface area contributed by atoms with Gasteiger partial charge in [-0.25, -0.2) is 0 Å². The third kappa shape index (κ3) is 6.00. The SMILES string of the molecule is CN(C)c1ccc(P(O)(=S)OCCCc2ccccc2)c(NC(=O)c2cccs2)c1. The van der Waals surface area contributed by atoms with Crippen LogP contribution in [0.15, 0.2) is 66.0 Å². The van der Waals surface area contributed by atoms with Crippen LogP contribution in [0.3, 0.4) is 0 Å².